The van der Waals surface area contributed by atoms with E-state index >= 15 is 0 Å². The van der Waals surface area contributed by atoms with Crippen molar-refractivity contribution in [1.29, 1.82) is 0 Å². The minimum Gasteiger partial charge on any atom is -0.394 e. The topological polar surface area (TPSA) is 88.2 Å². The molecule has 0 saturated carbocycles. The molecule has 4 aromatic heterocycles. The Morgan fingerprint density at radius 1 is 1.11 bits per heavy atom. The highest BCUT2D eigenvalue weighted by molar-refractivity contribution is 9.10. The zero-order valence-corrected chi connectivity index (χ0v) is 17.1. The van der Waals surface area contributed by atoms with Gasteiger partial charge in [0.2, 0.25) is 0 Å². The lowest BCUT2D eigenvalue weighted by Crippen LogP contribution is -2.17. The molecule has 0 saturated heterocycles. The third-order valence-corrected chi connectivity index (χ3v) is 5.14. The standard InChI is InChI=1S/C20H19BrN6O/c1-12-7-15(9-24-18(12)14-3-4-22-13(2)8-14)16(11-28)26-19-20-25-10-17(21)27(20)6-5-23-19/h3-10,16,28H,11H2,1-2H3,(H,23,26). The number of pyridine rings is 2. The van der Waals surface area contributed by atoms with Gasteiger partial charge in [-0.15, -0.1) is 0 Å². The molecule has 142 valence electrons. The number of nitrogens with one attached hydrogen (secondary N) is 1. The van der Waals surface area contributed by atoms with Gasteiger partial charge in [-0.05, 0) is 53.0 Å². The summed E-state index contributed by atoms with van der Waals surface area (Å²) in [6, 6.07) is 5.64. The van der Waals surface area contributed by atoms with E-state index in [4.69, 9.17) is 0 Å². The summed E-state index contributed by atoms with van der Waals surface area (Å²) in [5, 5.41) is 13.3. The van der Waals surface area contributed by atoms with Crippen LogP contribution in [0.4, 0.5) is 5.82 Å². The van der Waals surface area contributed by atoms with Crippen LogP contribution in [0.2, 0.25) is 0 Å². The van der Waals surface area contributed by atoms with Gasteiger partial charge in [0.05, 0.1) is 24.5 Å². The van der Waals surface area contributed by atoms with E-state index in [1.807, 2.05) is 42.6 Å². The van der Waals surface area contributed by atoms with Gasteiger partial charge in [0.15, 0.2) is 11.5 Å². The van der Waals surface area contributed by atoms with E-state index in [1.165, 1.54) is 0 Å². The third-order valence-electron chi connectivity index (χ3n) is 4.55. The molecule has 4 aromatic rings. The number of nitrogens with zero attached hydrogens (tertiary/aromatic N) is 5. The van der Waals surface area contributed by atoms with Crippen molar-refractivity contribution in [2.75, 3.05) is 11.9 Å². The Labute approximate surface area is 170 Å². The summed E-state index contributed by atoms with van der Waals surface area (Å²) in [4.78, 5) is 17.6. The normalized spacial score (nSPS) is 12.3. The van der Waals surface area contributed by atoms with E-state index in [9.17, 15) is 5.11 Å². The first-order valence-corrected chi connectivity index (χ1v) is 9.60. The maximum Gasteiger partial charge on any atom is 0.180 e. The fourth-order valence-corrected chi connectivity index (χ4v) is 3.56. The van der Waals surface area contributed by atoms with E-state index < -0.39 is 0 Å². The first-order chi connectivity index (χ1) is 13.6. The van der Waals surface area contributed by atoms with Gasteiger partial charge in [-0.1, -0.05) is 6.07 Å². The van der Waals surface area contributed by atoms with Crippen LogP contribution < -0.4 is 5.32 Å². The van der Waals surface area contributed by atoms with Gasteiger partial charge in [0.25, 0.3) is 0 Å². The summed E-state index contributed by atoms with van der Waals surface area (Å²) < 4.78 is 2.71. The largest absolute Gasteiger partial charge is 0.394 e. The quantitative estimate of drug-likeness (QED) is 0.493. The van der Waals surface area contributed by atoms with Crippen molar-refractivity contribution in [1.82, 2.24) is 24.3 Å². The lowest BCUT2D eigenvalue weighted by Gasteiger charge is -2.19. The Kier molecular flexibility index (Phi) is 5.06. The SMILES string of the molecule is Cc1cc(-c2ncc(C(CO)Nc3nccn4c(Br)cnc34)cc2C)ccn1. The number of hydrogen-bond donors (Lipinski definition) is 2. The van der Waals surface area contributed by atoms with Crippen LogP contribution in [0.3, 0.4) is 0 Å². The van der Waals surface area contributed by atoms with E-state index in [1.54, 1.807) is 24.8 Å². The predicted octanol–water partition coefficient (Wildman–Crippen LogP) is 3.71. The molecule has 28 heavy (non-hydrogen) atoms. The van der Waals surface area contributed by atoms with Crippen molar-refractivity contribution < 1.29 is 5.11 Å². The fourth-order valence-electron chi connectivity index (χ4n) is 3.17. The minimum absolute atomic E-state index is 0.0978. The molecule has 0 aromatic carbocycles. The first-order valence-electron chi connectivity index (χ1n) is 8.81. The van der Waals surface area contributed by atoms with Crippen molar-refractivity contribution in [2.24, 2.45) is 0 Å². The van der Waals surface area contributed by atoms with Crippen LogP contribution in [0.1, 0.15) is 22.9 Å². The van der Waals surface area contributed by atoms with E-state index in [0.717, 1.165) is 32.7 Å². The van der Waals surface area contributed by atoms with Crippen LogP contribution in [0.25, 0.3) is 16.9 Å². The molecule has 0 aliphatic rings. The zero-order chi connectivity index (χ0) is 19.7. The molecule has 4 heterocycles. The number of imidazole rings is 1. The number of aromatic nitrogens is 5. The van der Waals surface area contributed by atoms with E-state index in [0.29, 0.717) is 11.5 Å². The van der Waals surface area contributed by atoms with Crippen LogP contribution in [-0.2, 0) is 0 Å². The lowest BCUT2D eigenvalue weighted by molar-refractivity contribution is 0.276. The summed E-state index contributed by atoms with van der Waals surface area (Å²) in [6.45, 7) is 3.88. The second-order valence-corrected chi connectivity index (χ2v) is 7.36. The van der Waals surface area contributed by atoms with Gasteiger partial charge in [0.1, 0.15) is 4.60 Å². The Balaban J connectivity index is 1.66. The Morgan fingerprint density at radius 3 is 2.71 bits per heavy atom. The molecule has 1 unspecified atom stereocenters. The molecule has 0 amide bonds. The molecule has 0 bridgehead atoms. The van der Waals surface area contributed by atoms with Gasteiger partial charge in [-0.3, -0.25) is 14.4 Å². The van der Waals surface area contributed by atoms with Gasteiger partial charge in [-0.2, -0.15) is 0 Å². The molecular formula is C20H19BrN6O. The van der Waals surface area contributed by atoms with Crippen LogP contribution in [-0.4, -0.2) is 36.1 Å². The third kappa shape index (κ3) is 3.48. The first kappa shape index (κ1) is 18.5. The second kappa shape index (κ2) is 7.65. The van der Waals surface area contributed by atoms with Gasteiger partial charge in [-0.25, -0.2) is 9.97 Å². The summed E-state index contributed by atoms with van der Waals surface area (Å²) in [7, 11) is 0. The fraction of sp³-hybridized carbons (Fsp3) is 0.200. The molecule has 0 fully saturated rings. The second-order valence-electron chi connectivity index (χ2n) is 6.55. The number of rotatable bonds is 5. The summed E-state index contributed by atoms with van der Waals surface area (Å²) >= 11 is 3.46. The Morgan fingerprint density at radius 2 is 1.96 bits per heavy atom. The Hall–Kier alpha value is -2.84. The van der Waals surface area contributed by atoms with Crippen molar-refractivity contribution >= 4 is 27.4 Å². The molecule has 0 aliphatic heterocycles. The molecule has 7 nitrogen and oxygen atoms in total. The van der Waals surface area contributed by atoms with Crippen molar-refractivity contribution in [3.63, 3.8) is 0 Å². The molecule has 0 aliphatic carbocycles. The number of hydrogen-bond acceptors (Lipinski definition) is 6. The average molecular weight is 439 g/mol. The summed E-state index contributed by atoms with van der Waals surface area (Å²) in [5.41, 5.74) is 5.47. The van der Waals surface area contributed by atoms with Crippen molar-refractivity contribution in [3.8, 4) is 11.3 Å². The van der Waals surface area contributed by atoms with Crippen LogP contribution in [0, 0.1) is 13.8 Å². The summed E-state index contributed by atoms with van der Waals surface area (Å²) in [6.07, 6.45) is 8.80. The van der Waals surface area contributed by atoms with Crippen LogP contribution >= 0.6 is 15.9 Å². The highest BCUT2D eigenvalue weighted by Gasteiger charge is 2.16. The number of fused-ring (bicyclic) bond motifs is 1. The number of halogens is 1. The number of aliphatic hydroxyl groups excluding tert-OH is 1. The number of aliphatic hydroxyl groups is 1. The summed E-state index contributed by atoms with van der Waals surface area (Å²) in [5.74, 6) is 0.596. The maximum atomic E-state index is 9.97. The van der Waals surface area contributed by atoms with Gasteiger partial charge in [0, 0.05) is 36.0 Å². The van der Waals surface area contributed by atoms with E-state index in [2.05, 4.69) is 41.2 Å². The minimum atomic E-state index is -0.353. The molecule has 8 heteroatoms. The zero-order valence-electron chi connectivity index (χ0n) is 15.5. The number of anilines is 1. The molecule has 0 radical (unpaired) electrons. The Bertz CT molecular complexity index is 1140. The van der Waals surface area contributed by atoms with Gasteiger partial charge < -0.3 is 10.4 Å². The monoisotopic (exact) mass is 438 g/mol. The molecule has 4 rings (SSSR count). The number of aryl methyl sites for hydroxylation is 2. The molecule has 2 N–H and O–H groups in total. The highest BCUT2D eigenvalue weighted by atomic mass is 79.9. The highest BCUT2D eigenvalue weighted by Crippen LogP contribution is 2.26. The van der Waals surface area contributed by atoms with Crippen molar-refractivity contribution in [2.45, 2.75) is 19.9 Å². The predicted molar refractivity (Wildman–Crippen MR) is 111 cm³/mol. The molecule has 0 spiro atoms. The van der Waals surface area contributed by atoms with E-state index in [-0.39, 0.29) is 12.6 Å². The van der Waals surface area contributed by atoms with Gasteiger partial charge >= 0.3 is 0 Å². The lowest BCUT2D eigenvalue weighted by atomic mass is 10.0. The molecule has 1 atom stereocenters. The van der Waals surface area contributed by atoms with Crippen molar-refractivity contribution in [3.05, 3.63) is 70.6 Å². The maximum absolute atomic E-state index is 9.97. The van der Waals surface area contributed by atoms with Crippen LogP contribution in [0.5, 0.6) is 0 Å². The smallest absolute Gasteiger partial charge is 0.180 e. The van der Waals surface area contributed by atoms with Crippen LogP contribution in [0.15, 0.2) is 53.8 Å². The molecular weight excluding hydrogens is 420 g/mol. The average Bonchev–Trinajstić information content (AvgIpc) is 3.08.